The van der Waals surface area contributed by atoms with Crippen LogP contribution in [0.3, 0.4) is 0 Å². The van der Waals surface area contributed by atoms with E-state index in [1.807, 2.05) is 0 Å². The van der Waals surface area contributed by atoms with Gasteiger partial charge < -0.3 is 10.2 Å². The van der Waals surface area contributed by atoms with Crippen LogP contribution in [0, 0.1) is 0 Å². The van der Waals surface area contributed by atoms with E-state index in [2.05, 4.69) is 5.32 Å². The fourth-order valence-corrected chi connectivity index (χ4v) is 0.657. The molecule has 2 amide bonds. The van der Waals surface area contributed by atoms with Gasteiger partial charge in [-0.05, 0) is 6.92 Å². The molecule has 0 aliphatic heterocycles. The van der Waals surface area contributed by atoms with Crippen LogP contribution in [-0.2, 0) is 9.59 Å². The van der Waals surface area contributed by atoms with E-state index >= 15 is 0 Å². The minimum Gasteiger partial charge on any atom is -0.357 e. The van der Waals surface area contributed by atoms with Crippen molar-refractivity contribution in [1.82, 2.24) is 10.2 Å². The Hall–Kier alpha value is -1.06. The van der Waals surface area contributed by atoms with Crippen LogP contribution in [0.1, 0.15) is 13.8 Å². The van der Waals surface area contributed by atoms with Gasteiger partial charge in [-0.1, -0.05) is 0 Å². The highest BCUT2D eigenvalue weighted by molar-refractivity contribution is 5.86. The molecular weight excluding hydrogens is 144 g/mol. The number of nitrogens with one attached hydrogen (secondary N) is 1. The molecule has 0 aromatic heterocycles. The second kappa shape index (κ2) is 3.95. The second-order valence-corrected chi connectivity index (χ2v) is 2.42. The van der Waals surface area contributed by atoms with E-state index in [0.29, 0.717) is 0 Å². The fraction of sp³-hybridized carbons (Fsp3) is 0.714. The van der Waals surface area contributed by atoms with E-state index in [0.717, 1.165) is 0 Å². The van der Waals surface area contributed by atoms with Crippen molar-refractivity contribution in [3.63, 3.8) is 0 Å². The van der Waals surface area contributed by atoms with Crippen LogP contribution in [0.25, 0.3) is 0 Å². The Bertz CT molecular complexity index is 168. The summed E-state index contributed by atoms with van der Waals surface area (Å²) in [5, 5.41) is 2.47. The lowest BCUT2D eigenvalue weighted by Crippen LogP contribution is -2.43. The molecule has 4 heteroatoms. The van der Waals surface area contributed by atoms with Gasteiger partial charge in [0.25, 0.3) is 0 Å². The highest BCUT2D eigenvalue weighted by atomic mass is 16.2. The first-order valence-electron chi connectivity index (χ1n) is 3.45. The molecule has 1 atom stereocenters. The highest BCUT2D eigenvalue weighted by Crippen LogP contribution is 1.94. The summed E-state index contributed by atoms with van der Waals surface area (Å²) in [5.41, 5.74) is 0. The van der Waals surface area contributed by atoms with E-state index in [4.69, 9.17) is 0 Å². The first-order valence-corrected chi connectivity index (χ1v) is 3.45. The molecule has 0 radical (unpaired) electrons. The summed E-state index contributed by atoms with van der Waals surface area (Å²) >= 11 is 0. The molecule has 1 N–H and O–H groups in total. The van der Waals surface area contributed by atoms with Crippen LogP contribution in [0.5, 0.6) is 0 Å². The SMILES string of the molecule is CNC(=O)C(C)N(C)C(C)=O. The third-order valence-corrected chi connectivity index (χ3v) is 1.70. The molecule has 1 unspecified atom stereocenters. The van der Waals surface area contributed by atoms with Gasteiger partial charge in [0.2, 0.25) is 11.8 Å². The molecule has 0 saturated carbocycles. The van der Waals surface area contributed by atoms with Gasteiger partial charge in [0.1, 0.15) is 6.04 Å². The van der Waals surface area contributed by atoms with Crippen LogP contribution in [-0.4, -0.2) is 36.9 Å². The average molecular weight is 158 g/mol. The predicted octanol–water partition coefficient (Wildman–Crippen LogP) is -0.401. The Morgan fingerprint density at radius 2 is 1.91 bits per heavy atom. The number of hydrogen-bond donors (Lipinski definition) is 1. The number of carbonyl (C=O) groups excluding carboxylic acids is 2. The lowest BCUT2D eigenvalue weighted by molar-refractivity contribution is -0.136. The zero-order valence-electron chi connectivity index (χ0n) is 7.34. The summed E-state index contributed by atoms with van der Waals surface area (Å²) in [6.45, 7) is 3.11. The average Bonchev–Trinajstić information content (AvgIpc) is 2.00. The molecule has 0 saturated heterocycles. The van der Waals surface area contributed by atoms with E-state index in [1.165, 1.54) is 11.8 Å². The smallest absolute Gasteiger partial charge is 0.242 e. The number of carbonyl (C=O) groups is 2. The lowest BCUT2D eigenvalue weighted by Gasteiger charge is -2.21. The van der Waals surface area contributed by atoms with Crippen molar-refractivity contribution in [1.29, 1.82) is 0 Å². The first kappa shape index (κ1) is 9.94. The Labute approximate surface area is 66.6 Å². The molecule has 0 rings (SSSR count). The van der Waals surface area contributed by atoms with Gasteiger partial charge in [-0.2, -0.15) is 0 Å². The van der Waals surface area contributed by atoms with Gasteiger partial charge in [-0.25, -0.2) is 0 Å². The first-order chi connectivity index (χ1) is 5.00. The van der Waals surface area contributed by atoms with Crippen LogP contribution < -0.4 is 5.32 Å². The monoisotopic (exact) mass is 158 g/mol. The maximum Gasteiger partial charge on any atom is 0.242 e. The maximum absolute atomic E-state index is 11.0. The van der Waals surface area contributed by atoms with Gasteiger partial charge in [0, 0.05) is 21.0 Å². The number of nitrogens with zero attached hydrogens (tertiary/aromatic N) is 1. The number of likely N-dealkylation sites (N-methyl/N-ethyl adjacent to an activating group) is 2. The molecule has 0 aromatic carbocycles. The maximum atomic E-state index is 11.0. The number of hydrogen-bond acceptors (Lipinski definition) is 2. The molecule has 0 spiro atoms. The van der Waals surface area contributed by atoms with Crippen LogP contribution in [0.15, 0.2) is 0 Å². The van der Waals surface area contributed by atoms with Gasteiger partial charge in [0.05, 0.1) is 0 Å². The van der Waals surface area contributed by atoms with Crippen molar-refractivity contribution in [2.45, 2.75) is 19.9 Å². The Kier molecular flexibility index (Phi) is 3.57. The molecule has 0 bridgehead atoms. The molecule has 0 aromatic rings. The van der Waals surface area contributed by atoms with E-state index in [-0.39, 0.29) is 11.8 Å². The van der Waals surface area contributed by atoms with Gasteiger partial charge >= 0.3 is 0 Å². The Morgan fingerprint density at radius 1 is 1.45 bits per heavy atom. The predicted molar refractivity (Wildman–Crippen MR) is 42.0 cm³/mol. The van der Waals surface area contributed by atoms with Crippen molar-refractivity contribution in [3.8, 4) is 0 Å². The van der Waals surface area contributed by atoms with E-state index in [1.54, 1.807) is 21.0 Å². The normalized spacial score (nSPS) is 12.0. The van der Waals surface area contributed by atoms with Crippen molar-refractivity contribution in [2.24, 2.45) is 0 Å². The molecular formula is C7H14N2O2. The minimum absolute atomic E-state index is 0.110. The van der Waals surface area contributed by atoms with Crippen molar-refractivity contribution >= 4 is 11.8 Å². The zero-order valence-corrected chi connectivity index (χ0v) is 7.34. The van der Waals surface area contributed by atoms with Gasteiger partial charge in [-0.3, -0.25) is 9.59 Å². The number of rotatable bonds is 2. The highest BCUT2D eigenvalue weighted by Gasteiger charge is 2.17. The molecule has 11 heavy (non-hydrogen) atoms. The van der Waals surface area contributed by atoms with Crippen molar-refractivity contribution < 1.29 is 9.59 Å². The van der Waals surface area contributed by atoms with Crippen LogP contribution >= 0.6 is 0 Å². The molecule has 4 nitrogen and oxygen atoms in total. The largest absolute Gasteiger partial charge is 0.357 e. The third-order valence-electron chi connectivity index (χ3n) is 1.70. The number of amides is 2. The Balaban J connectivity index is 4.12. The summed E-state index contributed by atoms with van der Waals surface area (Å²) in [4.78, 5) is 23.1. The third kappa shape index (κ3) is 2.57. The molecule has 0 fully saturated rings. The molecule has 0 aliphatic carbocycles. The summed E-state index contributed by atoms with van der Waals surface area (Å²) in [6, 6.07) is -0.391. The van der Waals surface area contributed by atoms with Crippen molar-refractivity contribution in [2.75, 3.05) is 14.1 Å². The topological polar surface area (TPSA) is 49.4 Å². The van der Waals surface area contributed by atoms with E-state index in [9.17, 15) is 9.59 Å². The van der Waals surface area contributed by atoms with Gasteiger partial charge in [0.15, 0.2) is 0 Å². The standard InChI is InChI=1S/C7H14N2O2/c1-5(7(11)8-3)9(4)6(2)10/h5H,1-4H3,(H,8,11). The van der Waals surface area contributed by atoms with Crippen LogP contribution in [0.2, 0.25) is 0 Å². The lowest BCUT2D eigenvalue weighted by atomic mass is 10.3. The second-order valence-electron chi connectivity index (χ2n) is 2.42. The summed E-state index contributed by atoms with van der Waals surface area (Å²) < 4.78 is 0. The van der Waals surface area contributed by atoms with E-state index < -0.39 is 6.04 Å². The quantitative estimate of drug-likeness (QED) is 0.594. The Morgan fingerprint density at radius 3 is 2.18 bits per heavy atom. The summed E-state index contributed by atoms with van der Waals surface area (Å²) in [7, 11) is 3.15. The zero-order chi connectivity index (χ0) is 9.02. The molecule has 64 valence electrons. The van der Waals surface area contributed by atoms with Crippen molar-refractivity contribution in [3.05, 3.63) is 0 Å². The minimum atomic E-state index is -0.391. The summed E-state index contributed by atoms with van der Waals surface area (Å²) in [6.07, 6.45) is 0. The fourth-order valence-electron chi connectivity index (χ4n) is 0.657. The van der Waals surface area contributed by atoms with Crippen LogP contribution in [0.4, 0.5) is 0 Å². The summed E-state index contributed by atoms with van der Waals surface area (Å²) in [5.74, 6) is -0.260. The van der Waals surface area contributed by atoms with Gasteiger partial charge in [-0.15, -0.1) is 0 Å². The molecule has 0 heterocycles. The molecule has 0 aliphatic rings.